The van der Waals surface area contributed by atoms with Gasteiger partial charge in [-0.3, -0.25) is 4.79 Å². The van der Waals surface area contributed by atoms with Crippen LogP contribution in [-0.4, -0.2) is 10.9 Å². The van der Waals surface area contributed by atoms with Gasteiger partial charge in [0.15, 0.2) is 5.78 Å². The summed E-state index contributed by atoms with van der Waals surface area (Å²) in [6, 6.07) is 3.50. The molecule has 0 saturated carbocycles. The average molecular weight is 236 g/mol. The van der Waals surface area contributed by atoms with Crippen LogP contribution in [0.2, 0.25) is 0 Å². The molecule has 0 aromatic heterocycles. The number of ketones is 1. The van der Waals surface area contributed by atoms with Crippen LogP contribution >= 0.6 is 0 Å². The molecule has 1 rings (SSSR count). The summed E-state index contributed by atoms with van der Waals surface area (Å²) < 4.78 is 0. The molecule has 0 radical (unpaired) electrons. The smallest absolute Gasteiger partial charge is 0.160 e. The fourth-order valence-electron chi connectivity index (χ4n) is 1.66. The summed E-state index contributed by atoms with van der Waals surface area (Å²) >= 11 is 0. The van der Waals surface area contributed by atoms with Crippen LogP contribution in [0.4, 0.5) is 0 Å². The van der Waals surface area contributed by atoms with Crippen LogP contribution in [0.5, 0.6) is 5.75 Å². The third-order valence-corrected chi connectivity index (χ3v) is 2.60. The molecule has 0 heterocycles. The summed E-state index contributed by atoms with van der Waals surface area (Å²) in [7, 11) is 0. The van der Waals surface area contributed by atoms with E-state index in [-0.39, 0.29) is 11.5 Å². The van der Waals surface area contributed by atoms with E-state index >= 15 is 0 Å². The summed E-state index contributed by atoms with van der Waals surface area (Å²) in [5.74, 6) is 0.233. The second-order valence-corrected chi connectivity index (χ2v) is 3.96. The average Bonchev–Trinajstić information content (AvgIpc) is 2.32. The van der Waals surface area contributed by atoms with E-state index in [9.17, 15) is 9.90 Å². The fraction of sp³-hybridized carbons (Fsp3) is 0.533. The Balaban J connectivity index is 0.00000121. The topological polar surface area (TPSA) is 37.3 Å². The predicted octanol–water partition coefficient (Wildman–Crippen LogP) is 4.27. The molecule has 2 nitrogen and oxygen atoms in total. The molecule has 0 aliphatic rings. The van der Waals surface area contributed by atoms with Gasteiger partial charge < -0.3 is 5.11 Å². The zero-order valence-corrected chi connectivity index (χ0v) is 11.6. The Bertz CT molecular complexity index is 367. The molecule has 1 aromatic rings. The highest BCUT2D eigenvalue weighted by Crippen LogP contribution is 2.23. The molecule has 0 aliphatic carbocycles. The number of unbranched alkanes of at least 4 members (excludes halogenated alkanes) is 1. The fourth-order valence-corrected chi connectivity index (χ4v) is 1.66. The van der Waals surface area contributed by atoms with Gasteiger partial charge in [-0.1, -0.05) is 33.3 Å². The van der Waals surface area contributed by atoms with E-state index < -0.39 is 0 Å². The monoisotopic (exact) mass is 236 g/mol. The van der Waals surface area contributed by atoms with Crippen molar-refractivity contribution in [1.82, 2.24) is 0 Å². The molecular formula is C15H24O2. The second kappa shape index (κ2) is 7.88. The van der Waals surface area contributed by atoms with Gasteiger partial charge in [0.2, 0.25) is 0 Å². The molecule has 0 spiro atoms. The molecule has 0 amide bonds. The third kappa shape index (κ3) is 4.59. The lowest BCUT2D eigenvalue weighted by atomic mass is 9.97. The van der Waals surface area contributed by atoms with Crippen LogP contribution in [0.15, 0.2) is 12.1 Å². The van der Waals surface area contributed by atoms with E-state index in [1.165, 1.54) is 0 Å². The molecule has 0 saturated heterocycles. The van der Waals surface area contributed by atoms with E-state index in [0.29, 0.717) is 5.56 Å². The lowest BCUT2D eigenvalue weighted by molar-refractivity contribution is 0.101. The number of Topliss-reactive ketones (excluding diaryl/α,β-unsaturated/α-hetero) is 1. The molecule has 0 atom stereocenters. The number of hydrogen-bond acceptors (Lipinski definition) is 2. The number of phenols is 1. The number of rotatable bonds is 4. The van der Waals surface area contributed by atoms with Crippen molar-refractivity contribution in [3.63, 3.8) is 0 Å². The Morgan fingerprint density at radius 3 is 2.35 bits per heavy atom. The molecule has 0 fully saturated rings. The second-order valence-electron chi connectivity index (χ2n) is 3.96. The minimum Gasteiger partial charge on any atom is -0.508 e. The molecular weight excluding hydrogens is 212 g/mol. The van der Waals surface area contributed by atoms with Crippen molar-refractivity contribution in [2.24, 2.45) is 0 Å². The number of carbonyl (C=O) groups excluding carboxylic acids is 1. The van der Waals surface area contributed by atoms with E-state index in [0.717, 1.165) is 30.4 Å². The van der Waals surface area contributed by atoms with Gasteiger partial charge in [0.1, 0.15) is 5.75 Å². The highest BCUT2D eigenvalue weighted by Gasteiger charge is 2.10. The van der Waals surface area contributed by atoms with E-state index in [2.05, 4.69) is 6.92 Å². The molecule has 1 N–H and O–H groups in total. The molecule has 96 valence electrons. The number of carbonyl (C=O) groups is 1. The third-order valence-electron chi connectivity index (χ3n) is 2.60. The number of aromatic hydroxyl groups is 1. The van der Waals surface area contributed by atoms with Crippen molar-refractivity contribution in [3.05, 3.63) is 28.8 Å². The van der Waals surface area contributed by atoms with Gasteiger partial charge in [-0.25, -0.2) is 0 Å². The maximum absolute atomic E-state index is 11.4. The van der Waals surface area contributed by atoms with Crippen molar-refractivity contribution in [2.75, 3.05) is 0 Å². The van der Waals surface area contributed by atoms with Crippen molar-refractivity contribution in [2.45, 2.75) is 53.9 Å². The summed E-state index contributed by atoms with van der Waals surface area (Å²) in [5.41, 5.74) is 2.55. The lowest BCUT2D eigenvalue weighted by Gasteiger charge is -2.09. The number of benzene rings is 1. The molecule has 0 unspecified atom stereocenters. The first-order chi connectivity index (χ1) is 8.06. The van der Waals surface area contributed by atoms with Crippen molar-refractivity contribution in [3.8, 4) is 5.75 Å². The maximum Gasteiger partial charge on any atom is 0.160 e. The maximum atomic E-state index is 11.4. The van der Waals surface area contributed by atoms with Gasteiger partial charge >= 0.3 is 0 Å². The van der Waals surface area contributed by atoms with Crippen LogP contribution in [0.25, 0.3) is 0 Å². The van der Waals surface area contributed by atoms with Crippen LogP contribution in [0.1, 0.15) is 62.0 Å². The highest BCUT2D eigenvalue weighted by molar-refractivity contribution is 5.96. The van der Waals surface area contributed by atoms with E-state index in [1.807, 2.05) is 26.8 Å². The minimum absolute atomic E-state index is 0.0244. The van der Waals surface area contributed by atoms with E-state index in [4.69, 9.17) is 0 Å². The number of phenolic OH excluding ortho intramolecular Hbond substituents is 1. The standard InChI is InChI=1S/C13H18O2.C2H6/c1-4-5-6-11-7-9(2)13(15)8-12(11)10(3)14;1-2/h7-8,15H,4-6H2,1-3H3;1-2H3. The summed E-state index contributed by atoms with van der Waals surface area (Å²) in [6.45, 7) is 9.52. The Morgan fingerprint density at radius 2 is 1.88 bits per heavy atom. The summed E-state index contributed by atoms with van der Waals surface area (Å²) in [4.78, 5) is 11.4. The van der Waals surface area contributed by atoms with Gasteiger partial charge in [-0.15, -0.1) is 0 Å². The van der Waals surface area contributed by atoms with Crippen molar-refractivity contribution in [1.29, 1.82) is 0 Å². The first-order valence-electron chi connectivity index (χ1n) is 6.39. The first-order valence-corrected chi connectivity index (χ1v) is 6.39. The van der Waals surface area contributed by atoms with E-state index in [1.54, 1.807) is 13.0 Å². The largest absolute Gasteiger partial charge is 0.508 e. The molecule has 2 heteroatoms. The Kier molecular flexibility index (Phi) is 7.27. The molecule has 17 heavy (non-hydrogen) atoms. The Hall–Kier alpha value is -1.31. The molecule has 0 bridgehead atoms. The van der Waals surface area contributed by atoms with Gasteiger partial charge in [-0.2, -0.15) is 0 Å². The normalized spacial score (nSPS) is 9.47. The Labute approximate surface area is 105 Å². The van der Waals surface area contributed by atoms with Crippen LogP contribution in [0.3, 0.4) is 0 Å². The van der Waals surface area contributed by atoms with Crippen LogP contribution < -0.4 is 0 Å². The van der Waals surface area contributed by atoms with Crippen molar-refractivity contribution >= 4 is 5.78 Å². The zero-order valence-electron chi connectivity index (χ0n) is 11.6. The first kappa shape index (κ1) is 15.7. The summed E-state index contributed by atoms with van der Waals surface area (Å²) in [6.07, 6.45) is 3.09. The number of hydrogen-bond donors (Lipinski definition) is 1. The van der Waals surface area contributed by atoms with Crippen molar-refractivity contribution < 1.29 is 9.90 Å². The summed E-state index contributed by atoms with van der Waals surface area (Å²) in [5, 5.41) is 9.55. The van der Waals surface area contributed by atoms with Gasteiger partial charge in [0, 0.05) is 5.56 Å². The molecule has 0 aliphatic heterocycles. The Morgan fingerprint density at radius 1 is 1.29 bits per heavy atom. The quantitative estimate of drug-likeness (QED) is 0.792. The molecule has 1 aromatic carbocycles. The predicted molar refractivity (Wildman–Crippen MR) is 72.8 cm³/mol. The van der Waals surface area contributed by atoms with Gasteiger partial charge in [0.05, 0.1) is 0 Å². The number of aryl methyl sites for hydroxylation is 2. The lowest BCUT2D eigenvalue weighted by Crippen LogP contribution is -2.00. The zero-order chi connectivity index (χ0) is 13.4. The minimum atomic E-state index is 0.0244. The van der Waals surface area contributed by atoms with Crippen LogP contribution in [0, 0.1) is 6.92 Å². The van der Waals surface area contributed by atoms with Crippen LogP contribution in [-0.2, 0) is 6.42 Å². The highest BCUT2D eigenvalue weighted by atomic mass is 16.3. The SMILES string of the molecule is CC.CCCCc1cc(C)c(O)cc1C(C)=O. The van der Waals surface area contributed by atoms with Gasteiger partial charge in [-0.05, 0) is 43.9 Å². The van der Waals surface area contributed by atoms with Gasteiger partial charge in [0.25, 0.3) is 0 Å².